The van der Waals surface area contributed by atoms with Crippen LogP contribution in [0, 0.1) is 0 Å². The average Bonchev–Trinajstić information content (AvgIpc) is 2.70. The van der Waals surface area contributed by atoms with E-state index in [9.17, 15) is 9.59 Å². The highest BCUT2D eigenvalue weighted by Gasteiger charge is 2.08. The summed E-state index contributed by atoms with van der Waals surface area (Å²) in [7, 11) is 0. The van der Waals surface area contributed by atoms with Crippen LogP contribution in [0.15, 0.2) is 13.2 Å². The number of hydrogen-bond acceptors (Lipinski definition) is 5. The number of aliphatic hydroxyl groups is 1. The summed E-state index contributed by atoms with van der Waals surface area (Å²) in [6, 6.07) is 0. The molecule has 160 valence electrons. The molecule has 0 rings (SSSR count). The number of unbranched alkanes of at least 4 members (excludes halogenated alkanes) is 14. The van der Waals surface area contributed by atoms with E-state index in [0.29, 0.717) is 0 Å². The summed E-state index contributed by atoms with van der Waals surface area (Å²) in [4.78, 5) is 30.2. The molecule has 0 aromatic rings. The zero-order valence-electron chi connectivity index (χ0n) is 17.5. The minimum Gasteiger partial charge on any atom is -0.384 e. The first kappa shape index (κ1) is 27.9. The number of carbonyl (C=O) groups is 2. The largest absolute Gasteiger partial charge is 0.384 e. The van der Waals surface area contributed by atoms with Crippen molar-refractivity contribution in [3.8, 4) is 0 Å². The molecule has 0 bridgehead atoms. The first-order valence-electron chi connectivity index (χ1n) is 10.7. The SMILES string of the molecule is C=C.CCCCCCCCCCCCCCCCCC(=O)OOC(=O)CO. The highest BCUT2D eigenvalue weighted by Crippen LogP contribution is 2.13. The van der Waals surface area contributed by atoms with E-state index in [1.807, 2.05) is 0 Å². The topological polar surface area (TPSA) is 72.8 Å². The minimum absolute atomic E-state index is 0.247. The lowest BCUT2D eigenvalue weighted by molar-refractivity contribution is -0.260. The molecule has 27 heavy (non-hydrogen) atoms. The Morgan fingerprint density at radius 1 is 0.630 bits per heavy atom. The van der Waals surface area contributed by atoms with Gasteiger partial charge in [-0.25, -0.2) is 19.4 Å². The smallest absolute Gasteiger partial charge is 0.380 e. The lowest BCUT2D eigenvalue weighted by atomic mass is 10.0. The molecule has 0 saturated heterocycles. The molecule has 0 aliphatic heterocycles. The lowest BCUT2D eigenvalue weighted by Gasteiger charge is -2.03. The lowest BCUT2D eigenvalue weighted by Crippen LogP contribution is -2.13. The number of rotatable bonds is 17. The van der Waals surface area contributed by atoms with Gasteiger partial charge in [0.05, 0.1) is 6.42 Å². The number of hydrogen-bond donors (Lipinski definition) is 1. The second-order valence-electron chi connectivity index (χ2n) is 6.77. The maximum absolute atomic E-state index is 11.2. The molecule has 0 aromatic heterocycles. The van der Waals surface area contributed by atoms with Crippen molar-refractivity contribution in [2.75, 3.05) is 6.61 Å². The Labute approximate surface area is 166 Å². The van der Waals surface area contributed by atoms with Crippen LogP contribution >= 0.6 is 0 Å². The van der Waals surface area contributed by atoms with Gasteiger partial charge in [0, 0.05) is 0 Å². The molecular formula is C22H42O5. The summed E-state index contributed by atoms with van der Waals surface area (Å²) >= 11 is 0. The maximum atomic E-state index is 11.2. The zero-order valence-corrected chi connectivity index (χ0v) is 17.5. The van der Waals surface area contributed by atoms with Crippen LogP contribution in [0.4, 0.5) is 0 Å². The van der Waals surface area contributed by atoms with Gasteiger partial charge in [0.1, 0.15) is 6.61 Å². The van der Waals surface area contributed by atoms with Gasteiger partial charge in [-0.3, -0.25) is 0 Å². The summed E-state index contributed by atoms with van der Waals surface area (Å²) in [5.74, 6) is -1.51. The molecule has 0 spiro atoms. The Bertz CT molecular complexity index is 331. The monoisotopic (exact) mass is 386 g/mol. The first-order valence-corrected chi connectivity index (χ1v) is 10.7. The molecule has 0 aliphatic rings. The second-order valence-corrected chi connectivity index (χ2v) is 6.77. The van der Waals surface area contributed by atoms with Gasteiger partial charge < -0.3 is 5.11 Å². The Balaban J connectivity index is 0. The van der Waals surface area contributed by atoms with Gasteiger partial charge in [-0.15, -0.1) is 13.2 Å². The van der Waals surface area contributed by atoms with Crippen molar-refractivity contribution in [3.63, 3.8) is 0 Å². The van der Waals surface area contributed by atoms with E-state index in [-0.39, 0.29) is 6.42 Å². The fraction of sp³-hybridized carbons (Fsp3) is 0.818. The van der Waals surface area contributed by atoms with Gasteiger partial charge in [0.15, 0.2) is 0 Å². The molecule has 0 amide bonds. The molecule has 0 saturated carbocycles. The van der Waals surface area contributed by atoms with Gasteiger partial charge in [-0.05, 0) is 6.42 Å². The molecule has 5 nitrogen and oxygen atoms in total. The van der Waals surface area contributed by atoms with Crippen molar-refractivity contribution in [1.29, 1.82) is 0 Å². The van der Waals surface area contributed by atoms with Gasteiger partial charge in [0.2, 0.25) is 0 Å². The second kappa shape index (κ2) is 24.6. The number of carbonyl (C=O) groups excluding carboxylic acids is 2. The molecule has 0 atom stereocenters. The van der Waals surface area contributed by atoms with E-state index < -0.39 is 18.5 Å². The van der Waals surface area contributed by atoms with E-state index >= 15 is 0 Å². The minimum atomic E-state index is -0.954. The molecule has 0 aliphatic carbocycles. The van der Waals surface area contributed by atoms with Crippen molar-refractivity contribution >= 4 is 11.9 Å². The summed E-state index contributed by atoms with van der Waals surface area (Å²) < 4.78 is 0. The molecule has 1 N–H and O–H groups in total. The Morgan fingerprint density at radius 2 is 0.963 bits per heavy atom. The van der Waals surface area contributed by atoms with Crippen LogP contribution in [0.1, 0.15) is 110 Å². The summed E-state index contributed by atoms with van der Waals surface area (Å²) in [5, 5.41) is 8.40. The van der Waals surface area contributed by atoms with Gasteiger partial charge in [-0.1, -0.05) is 96.8 Å². The Hall–Kier alpha value is -1.36. The fourth-order valence-corrected chi connectivity index (χ4v) is 2.80. The van der Waals surface area contributed by atoms with Crippen LogP contribution in [-0.4, -0.2) is 23.7 Å². The predicted molar refractivity (Wildman–Crippen MR) is 110 cm³/mol. The van der Waals surface area contributed by atoms with Crippen molar-refractivity contribution in [1.82, 2.24) is 0 Å². The quantitative estimate of drug-likeness (QED) is 0.143. The highest BCUT2D eigenvalue weighted by atomic mass is 17.2. The molecule has 0 heterocycles. The zero-order chi connectivity index (χ0) is 20.6. The Kier molecular flexibility index (Phi) is 25.4. The van der Waals surface area contributed by atoms with Crippen LogP contribution in [0.25, 0.3) is 0 Å². The van der Waals surface area contributed by atoms with Gasteiger partial charge in [-0.2, -0.15) is 0 Å². The molecule has 0 aromatic carbocycles. The van der Waals surface area contributed by atoms with Crippen LogP contribution in [0.3, 0.4) is 0 Å². The van der Waals surface area contributed by atoms with Crippen LogP contribution in [-0.2, 0) is 19.4 Å². The number of aliphatic hydroxyl groups excluding tert-OH is 1. The third-order valence-electron chi connectivity index (χ3n) is 4.34. The van der Waals surface area contributed by atoms with Crippen LogP contribution in [0.5, 0.6) is 0 Å². The molecule has 5 heteroatoms. The van der Waals surface area contributed by atoms with Crippen molar-refractivity contribution in [2.45, 2.75) is 110 Å². The third-order valence-corrected chi connectivity index (χ3v) is 4.34. The maximum Gasteiger partial charge on any atom is 0.380 e. The normalized spacial score (nSPS) is 10.0. The summed E-state index contributed by atoms with van der Waals surface area (Å²) in [6.07, 6.45) is 19.3. The molecule has 0 unspecified atom stereocenters. The van der Waals surface area contributed by atoms with Crippen molar-refractivity contribution in [2.24, 2.45) is 0 Å². The summed E-state index contributed by atoms with van der Waals surface area (Å²) in [5.41, 5.74) is 0. The average molecular weight is 387 g/mol. The van der Waals surface area contributed by atoms with E-state index in [0.717, 1.165) is 19.3 Å². The van der Waals surface area contributed by atoms with Gasteiger partial charge >= 0.3 is 11.9 Å². The fourth-order valence-electron chi connectivity index (χ4n) is 2.80. The Morgan fingerprint density at radius 3 is 1.33 bits per heavy atom. The van der Waals surface area contributed by atoms with E-state index in [1.54, 1.807) is 0 Å². The predicted octanol–water partition coefficient (Wildman–Crippen LogP) is 6.04. The van der Waals surface area contributed by atoms with Crippen molar-refractivity contribution in [3.05, 3.63) is 13.2 Å². The van der Waals surface area contributed by atoms with Crippen molar-refractivity contribution < 1.29 is 24.5 Å². The van der Waals surface area contributed by atoms with Gasteiger partial charge in [0.25, 0.3) is 0 Å². The highest BCUT2D eigenvalue weighted by molar-refractivity contribution is 5.73. The van der Waals surface area contributed by atoms with E-state index in [2.05, 4.69) is 29.9 Å². The molecule has 0 fully saturated rings. The van der Waals surface area contributed by atoms with E-state index in [1.165, 1.54) is 77.0 Å². The molecule has 0 radical (unpaired) electrons. The standard InChI is InChI=1S/C20H38O5.C2H4/c1-2-3-4-5-6-7-8-9-10-11-12-13-14-15-16-17-19(22)24-25-20(23)18-21;1-2/h21H,2-18H2,1H3;1-2H2. The van der Waals surface area contributed by atoms with Crippen LogP contribution in [0.2, 0.25) is 0 Å². The first-order chi connectivity index (χ1) is 13.2. The molecular weight excluding hydrogens is 344 g/mol. The third kappa shape index (κ3) is 24.6. The van der Waals surface area contributed by atoms with E-state index in [4.69, 9.17) is 5.11 Å². The van der Waals surface area contributed by atoms with Crippen LogP contribution < -0.4 is 0 Å². The summed E-state index contributed by atoms with van der Waals surface area (Å²) in [6.45, 7) is 7.47.